The summed E-state index contributed by atoms with van der Waals surface area (Å²) in [5, 5.41) is 0.744. The smallest absolute Gasteiger partial charge is 0.220 e. The summed E-state index contributed by atoms with van der Waals surface area (Å²) < 4.78 is 0. The van der Waals surface area contributed by atoms with Crippen LogP contribution >= 0.6 is 11.6 Å². The number of hydrogen-bond donors (Lipinski definition) is 1. The zero-order chi connectivity index (χ0) is 16.2. The number of carbonyl (C=O) groups is 1. The summed E-state index contributed by atoms with van der Waals surface area (Å²) in [7, 11) is 0. The van der Waals surface area contributed by atoms with Gasteiger partial charge in [0.05, 0.1) is 6.04 Å². The van der Waals surface area contributed by atoms with E-state index < -0.39 is 0 Å². The fourth-order valence-electron chi connectivity index (χ4n) is 3.34. The van der Waals surface area contributed by atoms with Gasteiger partial charge in [0, 0.05) is 10.9 Å². The van der Waals surface area contributed by atoms with Crippen LogP contribution in [0.2, 0.25) is 5.02 Å². The zero-order valence-corrected chi connectivity index (χ0v) is 13.7. The van der Waals surface area contributed by atoms with Gasteiger partial charge in [-0.3, -0.25) is 9.69 Å². The number of amides is 1. The summed E-state index contributed by atoms with van der Waals surface area (Å²) in [5.74, 6) is -0.166. The van der Waals surface area contributed by atoms with Crippen molar-refractivity contribution in [1.82, 2.24) is 4.90 Å². The molecular formula is C19H21ClN2O. The number of hydrogen-bond acceptors (Lipinski definition) is 2. The lowest BCUT2D eigenvalue weighted by Crippen LogP contribution is -2.40. The highest BCUT2D eigenvalue weighted by molar-refractivity contribution is 6.30. The quantitative estimate of drug-likeness (QED) is 0.931. The summed E-state index contributed by atoms with van der Waals surface area (Å²) in [4.78, 5) is 13.8. The van der Waals surface area contributed by atoms with Gasteiger partial charge in [-0.1, -0.05) is 54.1 Å². The Balaban J connectivity index is 1.87. The SMILES string of the molecule is NC(=O)C1CCN(C(c2ccccc2)c2ccc(Cl)cc2)CC1. The fourth-order valence-corrected chi connectivity index (χ4v) is 3.46. The molecule has 2 aromatic carbocycles. The van der Waals surface area contributed by atoms with E-state index in [4.69, 9.17) is 17.3 Å². The number of rotatable bonds is 4. The number of nitrogens with two attached hydrogens (primary N) is 1. The van der Waals surface area contributed by atoms with Gasteiger partial charge in [-0.15, -0.1) is 0 Å². The largest absolute Gasteiger partial charge is 0.369 e. The molecule has 1 aliphatic heterocycles. The summed E-state index contributed by atoms with van der Waals surface area (Å²) >= 11 is 6.04. The molecule has 1 amide bonds. The van der Waals surface area contributed by atoms with Gasteiger partial charge in [0.1, 0.15) is 0 Å². The van der Waals surface area contributed by atoms with Crippen LogP contribution in [0.15, 0.2) is 54.6 Å². The van der Waals surface area contributed by atoms with E-state index in [1.54, 1.807) is 0 Å². The maximum atomic E-state index is 11.4. The Labute approximate surface area is 142 Å². The number of nitrogens with zero attached hydrogens (tertiary/aromatic N) is 1. The Hall–Kier alpha value is -1.84. The maximum absolute atomic E-state index is 11.4. The number of halogens is 1. The van der Waals surface area contributed by atoms with E-state index in [9.17, 15) is 4.79 Å². The van der Waals surface area contributed by atoms with Crippen molar-refractivity contribution in [3.8, 4) is 0 Å². The minimum Gasteiger partial charge on any atom is -0.369 e. The monoisotopic (exact) mass is 328 g/mol. The molecular weight excluding hydrogens is 308 g/mol. The van der Waals surface area contributed by atoms with Gasteiger partial charge in [0.15, 0.2) is 0 Å². The molecule has 4 heteroatoms. The van der Waals surface area contributed by atoms with Crippen molar-refractivity contribution in [3.05, 3.63) is 70.7 Å². The summed E-state index contributed by atoms with van der Waals surface area (Å²) in [6.45, 7) is 1.74. The molecule has 1 aliphatic rings. The van der Waals surface area contributed by atoms with Crippen LogP contribution in [0.1, 0.15) is 30.0 Å². The van der Waals surface area contributed by atoms with E-state index in [0.29, 0.717) is 0 Å². The molecule has 2 N–H and O–H groups in total. The van der Waals surface area contributed by atoms with Gasteiger partial charge in [-0.25, -0.2) is 0 Å². The molecule has 3 rings (SSSR count). The van der Waals surface area contributed by atoms with E-state index in [0.717, 1.165) is 31.0 Å². The van der Waals surface area contributed by atoms with E-state index in [-0.39, 0.29) is 17.9 Å². The number of carbonyl (C=O) groups excluding carboxylic acids is 1. The van der Waals surface area contributed by atoms with Crippen LogP contribution in [0.4, 0.5) is 0 Å². The average molecular weight is 329 g/mol. The van der Waals surface area contributed by atoms with E-state index in [1.807, 2.05) is 18.2 Å². The Morgan fingerprint density at radius 3 is 2.13 bits per heavy atom. The van der Waals surface area contributed by atoms with Crippen molar-refractivity contribution < 1.29 is 4.79 Å². The lowest BCUT2D eigenvalue weighted by molar-refractivity contribution is -0.123. The summed E-state index contributed by atoms with van der Waals surface area (Å²) in [5.41, 5.74) is 7.93. The van der Waals surface area contributed by atoms with Crippen molar-refractivity contribution in [2.45, 2.75) is 18.9 Å². The molecule has 1 saturated heterocycles. The zero-order valence-electron chi connectivity index (χ0n) is 13.0. The van der Waals surface area contributed by atoms with Crippen LogP contribution in [0.5, 0.6) is 0 Å². The van der Waals surface area contributed by atoms with Gasteiger partial charge >= 0.3 is 0 Å². The topological polar surface area (TPSA) is 46.3 Å². The van der Waals surface area contributed by atoms with E-state index >= 15 is 0 Å². The molecule has 0 aromatic heterocycles. The molecule has 1 atom stereocenters. The fraction of sp³-hybridized carbons (Fsp3) is 0.316. The Morgan fingerprint density at radius 2 is 1.57 bits per heavy atom. The van der Waals surface area contributed by atoms with Crippen molar-refractivity contribution in [3.63, 3.8) is 0 Å². The minimum atomic E-state index is -0.174. The first-order chi connectivity index (χ1) is 11.1. The molecule has 0 spiro atoms. The van der Waals surface area contributed by atoms with Gasteiger partial charge in [-0.2, -0.15) is 0 Å². The van der Waals surface area contributed by atoms with Gasteiger partial charge in [0.2, 0.25) is 5.91 Å². The molecule has 23 heavy (non-hydrogen) atoms. The number of primary amides is 1. The van der Waals surface area contributed by atoms with Crippen LogP contribution in [-0.2, 0) is 4.79 Å². The molecule has 3 nitrogen and oxygen atoms in total. The van der Waals surface area contributed by atoms with Gasteiger partial charge in [0.25, 0.3) is 0 Å². The number of piperidine rings is 1. The molecule has 0 saturated carbocycles. The molecule has 1 unspecified atom stereocenters. The third-order valence-corrected chi connectivity index (χ3v) is 4.85. The van der Waals surface area contributed by atoms with Crippen molar-refractivity contribution in [2.24, 2.45) is 11.7 Å². The van der Waals surface area contributed by atoms with Crippen LogP contribution in [0, 0.1) is 5.92 Å². The normalized spacial score (nSPS) is 17.8. The van der Waals surface area contributed by atoms with Gasteiger partial charge < -0.3 is 5.73 Å². The third kappa shape index (κ3) is 3.74. The first-order valence-electron chi connectivity index (χ1n) is 7.99. The molecule has 1 heterocycles. The van der Waals surface area contributed by atoms with Crippen LogP contribution in [-0.4, -0.2) is 23.9 Å². The van der Waals surface area contributed by atoms with Crippen LogP contribution in [0.3, 0.4) is 0 Å². The lowest BCUT2D eigenvalue weighted by atomic mass is 9.91. The van der Waals surface area contributed by atoms with Gasteiger partial charge in [-0.05, 0) is 49.2 Å². The molecule has 0 radical (unpaired) electrons. The highest BCUT2D eigenvalue weighted by atomic mass is 35.5. The highest BCUT2D eigenvalue weighted by Crippen LogP contribution is 2.32. The standard InChI is InChI=1S/C19H21ClN2O/c20-17-8-6-15(7-9-17)18(14-4-2-1-3-5-14)22-12-10-16(11-13-22)19(21)23/h1-9,16,18H,10-13H2,(H2,21,23). The molecule has 2 aromatic rings. The Bertz CT molecular complexity index is 649. The second-order valence-electron chi connectivity index (χ2n) is 6.08. The second kappa shape index (κ2) is 7.16. The number of likely N-dealkylation sites (tertiary alicyclic amines) is 1. The van der Waals surface area contributed by atoms with Crippen LogP contribution in [0.25, 0.3) is 0 Å². The molecule has 0 aliphatic carbocycles. The second-order valence-corrected chi connectivity index (χ2v) is 6.51. The predicted octanol–water partition coefficient (Wildman–Crippen LogP) is 3.63. The van der Waals surface area contributed by atoms with Crippen molar-refractivity contribution >= 4 is 17.5 Å². The third-order valence-electron chi connectivity index (χ3n) is 4.60. The Morgan fingerprint density at radius 1 is 1.00 bits per heavy atom. The van der Waals surface area contributed by atoms with E-state index in [2.05, 4.69) is 41.3 Å². The summed E-state index contributed by atoms with van der Waals surface area (Å²) in [6, 6.07) is 18.7. The maximum Gasteiger partial charge on any atom is 0.220 e. The minimum absolute atomic E-state index is 0.00731. The lowest BCUT2D eigenvalue weighted by Gasteiger charge is -2.37. The first-order valence-corrected chi connectivity index (χ1v) is 8.36. The average Bonchev–Trinajstić information content (AvgIpc) is 2.58. The first kappa shape index (κ1) is 16.0. The number of benzene rings is 2. The van der Waals surface area contributed by atoms with E-state index in [1.165, 1.54) is 11.1 Å². The summed E-state index contributed by atoms with van der Waals surface area (Å²) in [6.07, 6.45) is 1.65. The van der Waals surface area contributed by atoms with Crippen LogP contribution < -0.4 is 5.73 Å². The Kier molecular flexibility index (Phi) is 4.99. The van der Waals surface area contributed by atoms with Crippen molar-refractivity contribution in [1.29, 1.82) is 0 Å². The highest BCUT2D eigenvalue weighted by Gasteiger charge is 2.29. The molecule has 120 valence electrons. The van der Waals surface area contributed by atoms with Crippen molar-refractivity contribution in [2.75, 3.05) is 13.1 Å². The molecule has 0 bridgehead atoms. The molecule has 1 fully saturated rings. The predicted molar refractivity (Wildman–Crippen MR) is 93.2 cm³/mol.